The number of rotatable bonds is 7. The molecule has 1 fully saturated rings. The predicted molar refractivity (Wildman–Crippen MR) is 72.4 cm³/mol. The molecule has 0 radical (unpaired) electrons. The van der Waals surface area contributed by atoms with Crippen LogP contribution in [0.4, 0.5) is 0 Å². The van der Waals surface area contributed by atoms with Crippen molar-refractivity contribution >= 4 is 5.97 Å². The second kappa shape index (κ2) is 7.78. The lowest BCUT2D eigenvalue weighted by atomic mass is 9.80. The monoisotopic (exact) mass is 256 g/mol. The van der Waals surface area contributed by atoms with E-state index < -0.39 is 18.0 Å². The molecule has 0 spiro atoms. The van der Waals surface area contributed by atoms with Crippen molar-refractivity contribution in [2.75, 3.05) is 0 Å². The minimum absolute atomic E-state index is 0.508. The van der Waals surface area contributed by atoms with Crippen molar-refractivity contribution < 1.29 is 15.0 Å². The third kappa shape index (κ3) is 5.38. The molecule has 106 valence electrons. The van der Waals surface area contributed by atoms with Crippen molar-refractivity contribution in [3.05, 3.63) is 0 Å². The zero-order chi connectivity index (χ0) is 13.5. The van der Waals surface area contributed by atoms with Crippen LogP contribution >= 0.6 is 0 Å². The fraction of sp³-hybridized carbons (Fsp3) is 0.933. The highest BCUT2D eigenvalue weighted by molar-refractivity contribution is 5.70. The van der Waals surface area contributed by atoms with Gasteiger partial charge in [-0.2, -0.15) is 0 Å². The molecule has 0 aliphatic heterocycles. The molecule has 2 N–H and O–H groups in total. The van der Waals surface area contributed by atoms with E-state index in [4.69, 9.17) is 0 Å². The Morgan fingerprint density at radius 1 is 1.17 bits per heavy atom. The van der Waals surface area contributed by atoms with E-state index in [1.807, 2.05) is 0 Å². The molecular weight excluding hydrogens is 228 g/mol. The van der Waals surface area contributed by atoms with Crippen LogP contribution in [-0.2, 0) is 4.79 Å². The average Bonchev–Trinajstić information content (AvgIpc) is 2.34. The topological polar surface area (TPSA) is 57.5 Å². The lowest BCUT2D eigenvalue weighted by Gasteiger charge is -2.27. The first kappa shape index (κ1) is 15.5. The Morgan fingerprint density at radius 3 is 2.28 bits per heavy atom. The van der Waals surface area contributed by atoms with Crippen LogP contribution in [0.3, 0.4) is 0 Å². The zero-order valence-corrected chi connectivity index (χ0v) is 11.8. The summed E-state index contributed by atoms with van der Waals surface area (Å²) in [4.78, 5) is 11.3. The molecule has 0 saturated heterocycles. The number of aliphatic hydroxyl groups is 1. The Balaban J connectivity index is 2.44. The van der Waals surface area contributed by atoms with Crippen LogP contribution in [0.5, 0.6) is 0 Å². The third-order valence-electron chi connectivity index (χ3n) is 4.13. The van der Waals surface area contributed by atoms with Gasteiger partial charge in [-0.1, -0.05) is 46.0 Å². The molecule has 1 aliphatic carbocycles. The maximum absolute atomic E-state index is 11.3. The summed E-state index contributed by atoms with van der Waals surface area (Å²) in [5.74, 6) is -0.360. The van der Waals surface area contributed by atoms with Gasteiger partial charge in [0.15, 0.2) is 0 Å². The molecule has 1 aliphatic rings. The molecule has 0 aromatic rings. The standard InChI is InChI=1S/C15H28O3/c1-11(2)8-9-14(16)13(15(17)18)10-12-6-4-3-5-7-12/h11-14,16H,3-10H2,1-2H3,(H,17,18)/t13-,14-/m0/s1. The van der Waals surface area contributed by atoms with Crippen LogP contribution in [0.2, 0.25) is 0 Å². The van der Waals surface area contributed by atoms with E-state index in [2.05, 4.69) is 13.8 Å². The molecule has 2 atom stereocenters. The first-order chi connectivity index (χ1) is 8.50. The lowest BCUT2D eigenvalue weighted by Crippen LogP contribution is -2.31. The number of hydrogen-bond donors (Lipinski definition) is 2. The Kier molecular flexibility index (Phi) is 6.69. The number of carbonyl (C=O) groups is 1. The molecule has 0 unspecified atom stereocenters. The average molecular weight is 256 g/mol. The summed E-state index contributed by atoms with van der Waals surface area (Å²) >= 11 is 0. The van der Waals surface area contributed by atoms with Gasteiger partial charge in [0.2, 0.25) is 0 Å². The van der Waals surface area contributed by atoms with Crippen LogP contribution in [0.25, 0.3) is 0 Å². The summed E-state index contributed by atoms with van der Waals surface area (Å²) in [5, 5.41) is 19.4. The maximum atomic E-state index is 11.3. The van der Waals surface area contributed by atoms with E-state index in [0.29, 0.717) is 24.7 Å². The Hall–Kier alpha value is -0.570. The zero-order valence-electron chi connectivity index (χ0n) is 11.8. The first-order valence-corrected chi connectivity index (χ1v) is 7.41. The van der Waals surface area contributed by atoms with Gasteiger partial charge < -0.3 is 10.2 Å². The van der Waals surface area contributed by atoms with Gasteiger partial charge in [-0.25, -0.2) is 0 Å². The van der Waals surface area contributed by atoms with Crippen LogP contribution in [0.1, 0.15) is 65.2 Å². The van der Waals surface area contributed by atoms with Crippen molar-refractivity contribution in [3.8, 4) is 0 Å². The minimum Gasteiger partial charge on any atom is -0.481 e. The van der Waals surface area contributed by atoms with Gasteiger partial charge in [0.1, 0.15) is 0 Å². The molecule has 3 heteroatoms. The normalized spacial score (nSPS) is 20.9. The van der Waals surface area contributed by atoms with Gasteiger partial charge >= 0.3 is 5.97 Å². The summed E-state index contributed by atoms with van der Waals surface area (Å²) in [6, 6.07) is 0. The molecule has 0 aromatic heterocycles. The lowest BCUT2D eigenvalue weighted by molar-refractivity contribution is -0.147. The molecule has 0 amide bonds. The van der Waals surface area contributed by atoms with Gasteiger partial charge in [0, 0.05) is 0 Å². The van der Waals surface area contributed by atoms with Gasteiger partial charge in [0.05, 0.1) is 12.0 Å². The van der Waals surface area contributed by atoms with E-state index >= 15 is 0 Å². The van der Waals surface area contributed by atoms with E-state index in [9.17, 15) is 15.0 Å². The third-order valence-corrected chi connectivity index (χ3v) is 4.13. The second-order valence-corrected chi connectivity index (χ2v) is 6.22. The van der Waals surface area contributed by atoms with E-state index in [-0.39, 0.29) is 0 Å². The Bertz CT molecular complexity index is 244. The Labute approximate surface area is 111 Å². The van der Waals surface area contributed by atoms with Crippen molar-refractivity contribution in [2.24, 2.45) is 17.8 Å². The molecule has 1 saturated carbocycles. The highest BCUT2D eigenvalue weighted by Gasteiger charge is 2.29. The van der Waals surface area contributed by atoms with E-state index in [0.717, 1.165) is 19.3 Å². The number of hydrogen-bond acceptors (Lipinski definition) is 2. The molecule has 1 rings (SSSR count). The van der Waals surface area contributed by atoms with Crippen LogP contribution in [0, 0.1) is 17.8 Å². The van der Waals surface area contributed by atoms with Crippen molar-refractivity contribution in [1.82, 2.24) is 0 Å². The molecule has 0 heterocycles. The molecule has 18 heavy (non-hydrogen) atoms. The summed E-state index contributed by atoms with van der Waals surface area (Å²) in [7, 11) is 0. The number of aliphatic carboxylic acids is 1. The first-order valence-electron chi connectivity index (χ1n) is 7.41. The summed E-state index contributed by atoms with van der Waals surface area (Å²) in [6.07, 6.45) is 7.50. The fourth-order valence-corrected chi connectivity index (χ4v) is 2.91. The van der Waals surface area contributed by atoms with Gasteiger partial charge in [-0.05, 0) is 31.1 Å². The van der Waals surface area contributed by atoms with Gasteiger partial charge in [0.25, 0.3) is 0 Å². The number of aliphatic hydroxyl groups excluding tert-OH is 1. The van der Waals surface area contributed by atoms with E-state index in [1.165, 1.54) is 19.3 Å². The van der Waals surface area contributed by atoms with Gasteiger partial charge in [-0.15, -0.1) is 0 Å². The van der Waals surface area contributed by atoms with Crippen LogP contribution < -0.4 is 0 Å². The number of carboxylic acid groups (broad SMARTS) is 1. The molecule has 0 bridgehead atoms. The van der Waals surface area contributed by atoms with Crippen LogP contribution in [-0.4, -0.2) is 22.3 Å². The second-order valence-electron chi connectivity index (χ2n) is 6.22. The van der Waals surface area contributed by atoms with Gasteiger partial charge in [-0.3, -0.25) is 4.79 Å². The van der Waals surface area contributed by atoms with Crippen molar-refractivity contribution in [2.45, 2.75) is 71.3 Å². The number of carboxylic acids is 1. The van der Waals surface area contributed by atoms with Crippen molar-refractivity contribution in [1.29, 1.82) is 0 Å². The quantitative estimate of drug-likeness (QED) is 0.733. The highest BCUT2D eigenvalue weighted by atomic mass is 16.4. The molecule has 3 nitrogen and oxygen atoms in total. The summed E-state index contributed by atoms with van der Waals surface area (Å²) < 4.78 is 0. The highest BCUT2D eigenvalue weighted by Crippen LogP contribution is 2.31. The van der Waals surface area contributed by atoms with Crippen molar-refractivity contribution in [3.63, 3.8) is 0 Å². The Morgan fingerprint density at radius 2 is 1.78 bits per heavy atom. The SMILES string of the molecule is CC(C)CC[C@H](O)[C@H](CC1CCCCC1)C(=O)O. The summed E-state index contributed by atoms with van der Waals surface area (Å²) in [5.41, 5.74) is 0. The smallest absolute Gasteiger partial charge is 0.309 e. The molecular formula is C15H28O3. The minimum atomic E-state index is -0.822. The summed E-state index contributed by atoms with van der Waals surface area (Å²) in [6.45, 7) is 4.20. The van der Waals surface area contributed by atoms with E-state index in [1.54, 1.807) is 0 Å². The fourth-order valence-electron chi connectivity index (χ4n) is 2.91. The predicted octanol–water partition coefficient (Wildman–Crippen LogP) is 3.45. The van der Waals surface area contributed by atoms with Crippen LogP contribution in [0.15, 0.2) is 0 Å². The molecule has 0 aromatic carbocycles. The maximum Gasteiger partial charge on any atom is 0.309 e. The largest absolute Gasteiger partial charge is 0.481 e.